The molecule has 4 nitrogen and oxygen atoms in total. The average Bonchev–Trinajstić information content (AvgIpc) is 2.96. The molecular weight excluding hydrogens is 333 g/mol. The van der Waals surface area contributed by atoms with Crippen molar-refractivity contribution in [1.82, 2.24) is 15.1 Å². The molecule has 1 unspecified atom stereocenters. The quantitative estimate of drug-likeness (QED) is 0.905. The molecule has 0 radical (unpaired) electrons. The molecule has 0 saturated carbocycles. The number of hydrogen-bond acceptors (Lipinski definition) is 3. The van der Waals surface area contributed by atoms with Gasteiger partial charge in [0.25, 0.3) is 5.91 Å². The van der Waals surface area contributed by atoms with Gasteiger partial charge in [-0.3, -0.25) is 9.69 Å². The molecule has 0 aromatic heterocycles. The maximum Gasteiger partial charge on any atom is 0.255 e. The second kappa shape index (κ2) is 6.98. The summed E-state index contributed by atoms with van der Waals surface area (Å²) in [5, 5.41) is 4.23. The van der Waals surface area contributed by atoms with Gasteiger partial charge in [-0.25, -0.2) is 0 Å². The first-order valence-corrected chi connectivity index (χ1v) is 8.90. The third-order valence-corrected chi connectivity index (χ3v) is 5.72. The molecule has 2 fully saturated rings. The number of carbonyl (C=O) groups excluding carboxylic acids is 1. The maximum atomic E-state index is 12.6. The van der Waals surface area contributed by atoms with E-state index in [0.717, 1.165) is 45.8 Å². The Kier molecular flexibility index (Phi) is 5.16. The van der Waals surface area contributed by atoms with Crippen molar-refractivity contribution in [1.29, 1.82) is 0 Å². The van der Waals surface area contributed by atoms with E-state index >= 15 is 0 Å². The number of carbonyl (C=O) groups is 1. The predicted octanol–water partition coefficient (Wildman–Crippen LogP) is 2.75. The van der Waals surface area contributed by atoms with Crippen molar-refractivity contribution in [2.75, 3.05) is 45.8 Å². The van der Waals surface area contributed by atoms with Crippen molar-refractivity contribution >= 4 is 29.1 Å². The molecule has 1 amide bonds. The summed E-state index contributed by atoms with van der Waals surface area (Å²) in [6.07, 6.45) is 1.23. The Hall–Kier alpha value is -0.810. The fraction of sp³-hybridized carbons (Fsp3) is 0.588. The van der Waals surface area contributed by atoms with E-state index in [2.05, 4.69) is 17.1 Å². The van der Waals surface area contributed by atoms with Gasteiger partial charge in [-0.05, 0) is 30.5 Å². The van der Waals surface area contributed by atoms with Gasteiger partial charge < -0.3 is 10.2 Å². The lowest BCUT2D eigenvalue weighted by molar-refractivity contribution is 0.0582. The van der Waals surface area contributed by atoms with Crippen LogP contribution in [0.3, 0.4) is 0 Å². The molecule has 2 aliphatic rings. The fourth-order valence-corrected chi connectivity index (χ4v) is 3.87. The van der Waals surface area contributed by atoms with E-state index in [1.54, 1.807) is 18.2 Å². The summed E-state index contributed by atoms with van der Waals surface area (Å²) in [7, 11) is 0. The van der Waals surface area contributed by atoms with Gasteiger partial charge in [0.05, 0.1) is 15.6 Å². The number of nitrogens with one attached hydrogen (secondary N) is 1. The number of nitrogens with zero attached hydrogens (tertiary/aromatic N) is 2. The van der Waals surface area contributed by atoms with Crippen molar-refractivity contribution in [3.8, 4) is 0 Å². The van der Waals surface area contributed by atoms with Gasteiger partial charge in [-0.2, -0.15) is 0 Å². The second-order valence-corrected chi connectivity index (χ2v) is 7.69. The van der Waals surface area contributed by atoms with Gasteiger partial charge in [0.15, 0.2) is 0 Å². The van der Waals surface area contributed by atoms with E-state index in [9.17, 15) is 4.79 Å². The monoisotopic (exact) mass is 355 g/mol. The van der Waals surface area contributed by atoms with Crippen molar-refractivity contribution < 1.29 is 4.79 Å². The molecule has 0 aliphatic carbocycles. The summed E-state index contributed by atoms with van der Waals surface area (Å²) in [6, 6.07) is 5.22. The topological polar surface area (TPSA) is 35.6 Å². The fourth-order valence-electron chi connectivity index (χ4n) is 3.49. The van der Waals surface area contributed by atoms with Crippen LogP contribution in [0, 0.1) is 5.41 Å². The molecule has 1 aromatic carbocycles. The average molecular weight is 356 g/mol. The highest BCUT2D eigenvalue weighted by Gasteiger charge is 2.32. The van der Waals surface area contributed by atoms with Crippen molar-refractivity contribution in [3.63, 3.8) is 0 Å². The Morgan fingerprint density at radius 2 is 2.00 bits per heavy atom. The first kappa shape index (κ1) is 17.0. The van der Waals surface area contributed by atoms with Crippen molar-refractivity contribution in [2.24, 2.45) is 5.41 Å². The normalized spacial score (nSPS) is 25.8. The first-order chi connectivity index (χ1) is 11.0. The van der Waals surface area contributed by atoms with Gasteiger partial charge >= 0.3 is 0 Å². The highest BCUT2D eigenvalue weighted by Crippen LogP contribution is 2.28. The van der Waals surface area contributed by atoms with Crippen LogP contribution in [0.5, 0.6) is 0 Å². The molecule has 2 aliphatic heterocycles. The summed E-state index contributed by atoms with van der Waals surface area (Å²) < 4.78 is 0. The number of amides is 1. The van der Waals surface area contributed by atoms with Crippen LogP contribution in [0.25, 0.3) is 0 Å². The second-order valence-electron chi connectivity index (χ2n) is 6.91. The van der Waals surface area contributed by atoms with E-state index in [0.29, 0.717) is 21.0 Å². The molecule has 0 bridgehead atoms. The zero-order valence-corrected chi connectivity index (χ0v) is 15.0. The van der Waals surface area contributed by atoms with E-state index in [1.807, 2.05) is 4.90 Å². The Labute approximate surface area is 147 Å². The lowest BCUT2D eigenvalue weighted by atomic mass is 9.89. The van der Waals surface area contributed by atoms with Crippen LogP contribution in [-0.4, -0.2) is 61.5 Å². The number of piperazine rings is 1. The van der Waals surface area contributed by atoms with Crippen LogP contribution in [0.2, 0.25) is 10.0 Å². The highest BCUT2D eigenvalue weighted by atomic mass is 35.5. The third-order valence-electron chi connectivity index (χ3n) is 4.90. The highest BCUT2D eigenvalue weighted by molar-refractivity contribution is 6.43. The summed E-state index contributed by atoms with van der Waals surface area (Å²) in [4.78, 5) is 17.0. The van der Waals surface area contributed by atoms with Crippen LogP contribution >= 0.6 is 23.2 Å². The van der Waals surface area contributed by atoms with Gasteiger partial charge in [0.2, 0.25) is 0 Å². The lowest BCUT2D eigenvalue weighted by Crippen LogP contribution is -2.51. The van der Waals surface area contributed by atoms with Gasteiger partial charge in [0.1, 0.15) is 0 Å². The zero-order valence-electron chi connectivity index (χ0n) is 13.4. The largest absolute Gasteiger partial charge is 0.336 e. The minimum absolute atomic E-state index is 0.0223. The minimum Gasteiger partial charge on any atom is -0.336 e. The van der Waals surface area contributed by atoms with Crippen LogP contribution in [0.15, 0.2) is 18.2 Å². The molecule has 1 aromatic rings. The van der Waals surface area contributed by atoms with Gasteiger partial charge in [0, 0.05) is 39.3 Å². The van der Waals surface area contributed by atoms with E-state index in [1.165, 1.54) is 6.42 Å². The standard InChI is InChI=1S/C17H23Cl2N3O/c1-17(5-6-20-11-17)12-21-7-9-22(10-8-21)16(23)13-3-2-4-14(18)15(13)19/h2-4,20H,5-12H2,1H3. The maximum absolute atomic E-state index is 12.6. The van der Waals surface area contributed by atoms with Crippen molar-refractivity contribution in [3.05, 3.63) is 33.8 Å². The van der Waals surface area contributed by atoms with E-state index < -0.39 is 0 Å². The number of benzene rings is 1. The molecule has 126 valence electrons. The summed E-state index contributed by atoms with van der Waals surface area (Å²) >= 11 is 12.2. The smallest absolute Gasteiger partial charge is 0.255 e. The third kappa shape index (κ3) is 3.82. The number of halogens is 2. The number of hydrogen-bond donors (Lipinski definition) is 1. The van der Waals surface area contributed by atoms with Gasteiger partial charge in [-0.15, -0.1) is 0 Å². The summed E-state index contributed by atoms with van der Waals surface area (Å²) in [5.41, 5.74) is 0.863. The van der Waals surface area contributed by atoms with Crippen LogP contribution in [-0.2, 0) is 0 Å². The van der Waals surface area contributed by atoms with Crippen LogP contribution in [0.1, 0.15) is 23.7 Å². The molecule has 2 heterocycles. The zero-order chi connectivity index (χ0) is 16.4. The van der Waals surface area contributed by atoms with E-state index in [4.69, 9.17) is 23.2 Å². The van der Waals surface area contributed by atoms with E-state index in [-0.39, 0.29) is 5.91 Å². The first-order valence-electron chi connectivity index (χ1n) is 8.15. The molecule has 1 atom stereocenters. The SMILES string of the molecule is CC1(CN2CCN(C(=O)c3cccc(Cl)c3Cl)CC2)CCNC1. The summed E-state index contributed by atoms with van der Waals surface area (Å²) in [6.45, 7) is 8.96. The minimum atomic E-state index is -0.0223. The molecule has 1 N–H and O–H groups in total. The molecule has 23 heavy (non-hydrogen) atoms. The molecule has 3 rings (SSSR count). The summed E-state index contributed by atoms with van der Waals surface area (Å²) in [5.74, 6) is -0.0223. The predicted molar refractivity (Wildman–Crippen MR) is 94.4 cm³/mol. The Morgan fingerprint density at radius 1 is 1.26 bits per heavy atom. The molecule has 6 heteroatoms. The Morgan fingerprint density at radius 3 is 2.65 bits per heavy atom. The van der Waals surface area contributed by atoms with Crippen LogP contribution in [0.4, 0.5) is 0 Å². The molecular formula is C17H23Cl2N3O. The van der Waals surface area contributed by atoms with Crippen molar-refractivity contribution in [2.45, 2.75) is 13.3 Å². The Bertz CT molecular complexity index is 579. The lowest BCUT2D eigenvalue weighted by Gasteiger charge is -2.38. The Balaban J connectivity index is 1.58. The van der Waals surface area contributed by atoms with Crippen LogP contribution < -0.4 is 5.32 Å². The number of rotatable bonds is 3. The van der Waals surface area contributed by atoms with Gasteiger partial charge in [-0.1, -0.05) is 36.2 Å². The molecule has 2 saturated heterocycles. The molecule has 0 spiro atoms.